The largest absolute Gasteiger partial charge is 0.496 e. The third kappa shape index (κ3) is 6.53. The van der Waals surface area contributed by atoms with Gasteiger partial charge in [0.2, 0.25) is 5.91 Å². The van der Waals surface area contributed by atoms with E-state index < -0.39 is 29.2 Å². The summed E-state index contributed by atoms with van der Waals surface area (Å²) in [6.45, 7) is 8.84. The molecule has 0 spiro atoms. The zero-order valence-electron chi connectivity index (χ0n) is 21.5. The molecule has 0 bridgehead atoms. The minimum Gasteiger partial charge on any atom is -0.496 e. The van der Waals surface area contributed by atoms with Gasteiger partial charge in [-0.05, 0) is 31.5 Å². The SMILES string of the molecule is CCOC(=O)C(C(=O)OCC)C(c1ccccc1)c1c(OC)ccc(OC)c1NC(=O)C(C)(C)C. The van der Waals surface area contributed by atoms with E-state index in [-0.39, 0.29) is 19.1 Å². The smallest absolute Gasteiger partial charge is 0.321 e. The Kier molecular flexibility index (Phi) is 9.68. The number of nitrogens with one attached hydrogen (secondary N) is 1. The monoisotopic (exact) mass is 485 g/mol. The van der Waals surface area contributed by atoms with Gasteiger partial charge in [-0.3, -0.25) is 14.4 Å². The normalized spacial score (nSPS) is 12.0. The molecule has 190 valence electrons. The number of methoxy groups -OCH3 is 2. The van der Waals surface area contributed by atoms with E-state index in [1.807, 2.05) is 6.07 Å². The average Bonchev–Trinajstić information content (AvgIpc) is 2.82. The Bertz CT molecular complexity index is 1010. The van der Waals surface area contributed by atoms with Crippen molar-refractivity contribution in [3.05, 3.63) is 53.6 Å². The molecule has 2 aromatic carbocycles. The first-order chi connectivity index (χ1) is 16.6. The summed E-state index contributed by atoms with van der Waals surface area (Å²) >= 11 is 0. The molecule has 8 nitrogen and oxygen atoms in total. The first-order valence-corrected chi connectivity index (χ1v) is 11.5. The Hall–Kier alpha value is -3.55. The van der Waals surface area contributed by atoms with E-state index in [0.717, 1.165) is 0 Å². The van der Waals surface area contributed by atoms with Crippen LogP contribution in [0, 0.1) is 11.3 Å². The van der Waals surface area contributed by atoms with Crippen molar-refractivity contribution in [3.8, 4) is 11.5 Å². The number of amides is 1. The number of hydrogen-bond donors (Lipinski definition) is 1. The molecule has 0 heterocycles. The zero-order chi connectivity index (χ0) is 26.2. The number of carbonyl (C=O) groups excluding carboxylic acids is 3. The Labute approximate surface area is 206 Å². The van der Waals surface area contributed by atoms with Gasteiger partial charge in [-0.1, -0.05) is 51.1 Å². The zero-order valence-corrected chi connectivity index (χ0v) is 21.5. The Morgan fingerprint density at radius 1 is 0.829 bits per heavy atom. The van der Waals surface area contributed by atoms with E-state index in [1.165, 1.54) is 14.2 Å². The van der Waals surface area contributed by atoms with Gasteiger partial charge in [0.15, 0.2) is 5.92 Å². The van der Waals surface area contributed by atoms with Crippen molar-refractivity contribution >= 4 is 23.5 Å². The number of esters is 2. The van der Waals surface area contributed by atoms with Gasteiger partial charge in [0.1, 0.15) is 11.5 Å². The maximum absolute atomic E-state index is 13.2. The second-order valence-electron chi connectivity index (χ2n) is 8.83. The highest BCUT2D eigenvalue weighted by atomic mass is 16.6. The van der Waals surface area contributed by atoms with Crippen molar-refractivity contribution in [2.75, 3.05) is 32.8 Å². The molecule has 2 aromatic rings. The fraction of sp³-hybridized carbons (Fsp3) is 0.444. The predicted octanol–water partition coefficient (Wildman–Crippen LogP) is 4.56. The van der Waals surface area contributed by atoms with Crippen LogP contribution in [-0.4, -0.2) is 45.3 Å². The van der Waals surface area contributed by atoms with Crippen LogP contribution in [-0.2, 0) is 23.9 Å². The third-order valence-corrected chi connectivity index (χ3v) is 5.41. The molecule has 0 aromatic heterocycles. The van der Waals surface area contributed by atoms with E-state index in [0.29, 0.717) is 28.3 Å². The summed E-state index contributed by atoms with van der Waals surface area (Å²) < 4.78 is 21.9. The van der Waals surface area contributed by atoms with Crippen LogP contribution in [0.15, 0.2) is 42.5 Å². The molecular formula is C27H35NO7. The minimum absolute atomic E-state index is 0.0825. The van der Waals surface area contributed by atoms with E-state index >= 15 is 0 Å². The summed E-state index contributed by atoms with van der Waals surface area (Å²) in [5.74, 6) is -3.30. The van der Waals surface area contributed by atoms with Crippen LogP contribution in [0.1, 0.15) is 51.7 Å². The maximum Gasteiger partial charge on any atom is 0.321 e. The fourth-order valence-corrected chi connectivity index (χ4v) is 3.69. The van der Waals surface area contributed by atoms with Gasteiger partial charge in [-0.25, -0.2) is 0 Å². The molecule has 8 heteroatoms. The Balaban J connectivity index is 2.93. The quantitative estimate of drug-likeness (QED) is 0.389. The molecule has 35 heavy (non-hydrogen) atoms. The molecule has 0 saturated carbocycles. The highest BCUT2D eigenvalue weighted by molar-refractivity contribution is 6.00. The summed E-state index contributed by atoms with van der Waals surface area (Å²) in [5.41, 5.74) is 0.618. The van der Waals surface area contributed by atoms with Crippen LogP contribution in [0.5, 0.6) is 11.5 Å². The van der Waals surface area contributed by atoms with E-state index in [4.69, 9.17) is 18.9 Å². The molecule has 0 fully saturated rings. The third-order valence-electron chi connectivity index (χ3n) is 5.41. The van der Waals surface area contributed by atoms with Gasteiger partial charge in [0.25, 0.3) is 0 Å². The topological polar surface area (TPSA) is 100 Å². The number of ether oxygens (including phenoxy) is 4. The highest BCUT2D eigenvalue weighted by Gasteiger charge is 2.43. The summed E-state index contributed by atoms with van der Waals surface area (Å²) in [7, 11) is 2.95. The first kappa shape index (κ1) is 27.7. The first-order valence-electron chi connectivity index (χ1n) is 11.5. The molecule has 0 aliphatic rings. The van der Waals surface area contributed by atoms with Crippen molar-refractivity contribution < 1.29 is 33.3 Å². The van der Waals surface area contributed by atoms with Crippen molar-refractivity contribution in [2.24, 2.45) is 11.3 Å². The average molecular weight is 486 g/mol. The summed E-state index contributed by atoms with van der Waals surface area (Å²) in [4.78, 5) is 39.5. The van der Waals surface area contributed by atoms with Gasteiger partial charge in [-0.15, -0.1) is 0 Å². The number of benzene rings is 2. The lowest BCUT2D eigenvalue weighted by Gasteiger charge is -2.30. The van der Waals surface area contributed by atoms with Gasteiger partial charge >= 0.3 is 11.9 Å². The van der Waals surface area contributed by atoms with Crippen molar-refractivity contribution in [3.63, 3.8) is 0 Å². The standard InChI is InChI=1S/C27H35NO7/c1-8-34-24(29)22(25(30)35-9-2)20(17-13-11-10-12-14-17)21-18(32-6)15-16-19(33-7)23(21)28-26(31)27(3,4)5/h10-16,20,22H,8-9H2,1-7H3,(H,28,31). The lowest BCUT2D eigenvalue weighted by Crippen LogP contribution is -2.35. The van der Waals surface area contributed by atoms with Crippen LogP contribution in [0.25, 0.3) is 0 Å². The molecule has 2 rings (SSSR count). The van der Waals surface area contributed by atoms with Crippen molar-refractivity contribution in [1.82, 2.24) is 0 Å². The van der Waals surface area contributed by atoms with E-state index in [9.17, 15) is 14.4 Å². The number of rotatable bonds is 10. The molecular weight excluding hydrogens is 450 g/mol. The fourth-order valence-electron chi connectivity index (χ4n) is 3.69. The number of anilines is 1. The van der Waals surface area contributed by atoms with Gasteiger partial charge in [-0.2, -0.15) is 0 Å². The molecule has 1 N–H and O–H groups in total. The summed E-state index contributed by atoms with van der Waals surface area (Å²) in [5, 5.41) is 2.94. The van der Waals surface area contributed by atoms with E-state index in [1.54, 1.807) is 71.0 Å². The molecule has 1 amide bonds. The van der Waals surface area contributed by atoms with Crippen molar-refractivity contribution in [2.45, 2.75) is 40.5 Å². The molecule has 1 unspecified atom stereocenters. The molecule has 0 saturated heterocycles. The summed E-state index contributed by atoms with van der Waals surface area (Å²) in [6.07, 6.45) is 0. The highest BCUT2D eigenvalue weighted by Crippen LogP contribution is 2.47. The van der Waals surface area contributed by atoms with Crippen LogP contribution >= 0.6 is 0 Å². The Morgan fingerprint density at radius 3 is 1.80 bits per heavy atom. The molecule has 0 aliphatic heterocycles. The Morgan fingerprint density at radius 2 is 1.34 bits per heavy atom. The number of carbonyl (C=O) groups is 3. The van der Waals surface area contributed by atoms with Crippen LogP contribution in [0.2, 0.25) is 0 Å². The summed E-state index contributed by atoms with van der Waals surface area (Å²) in [6, 6.07) is 12.4. The van der Waals surface area contributed by atoms with Crippen LogP contribution in [0.3, 0.4) is 0 Å². The predicted molar refractivity (Wildman–Crippen MR) is 133 cm³/mol. The minimum atomic E-state index is -1.36. The van der Waals surface area contributed by atoms with Crippen LogP contribution in [0.4, 0.5) is 5.69 Å². The van der Waals surface area contributed by atoms with E-state index in [2.05, 4.69) is 5.32 Å². The molecule has 1 atom stereocenters. The van der Waals surface area contributed by atoms with Gasteiger partial charge < -0.3 is 24.3 Å². The molecule has 0 radical (unpaired) electrons. The lowest BCUT2D eigenvalue weighted by atomic mass is 9.79. The lowest BCUT2D eigenvalue weighted by molar-refractivity contribution is -0.162. The maximum atomic E-state index is 13.2. The van der Waals surface area contributed by atoms with Gasteiger partial charge in [0.05, 0.1) is 33.1 Å². The van der Waals surface area contributed by atoms with Gasteiger partial charge in [0, 0.05) is 16.9 Å². The second-order valence-corrected chi connectivity index (χ2v) is 8.83. The molecule has 0 aliphatic carbocycles. The van der Waals surface area contributed by atoms with Crippen LogP contribution < -0.4 is 14.8 Å². The number of hydrogen-bond acceptors (Lipinski definition) is 7. The second kappa shape index (κ2) is 12.2. The van der Waals surface area contributed by atoms with Crippen molar-refractivity contribution in [1.29, 1.82) is 0 Å².